The Morgan fingerprint density at radius 3 is 1.89 bits per heavy atom. The van der Waals surface area contributed by atoms with Crippen molar-refractivity contribution in [1.82, 2.24) is 0 Å². The van der Waals surface area contributed by atoms with Gasteiger partial charge in [-0.1, -0.05) is 0 Å². The van der Waals surface area contributed by atoms with Crippen LogP contribution in [0, 0.1) is 0 Å². The Balaban J connectivity index is 1.83. The van der Waals surface area contributed by atoms with Crippen LogP contribution in [-0.4, -0.2) is 93.1 Å². The molecule has 0 bridgehead atoms. The largest absolute Gasteiger partial charge is 0.394 e. The fraction of sp³-hybridized carbons (Fsp3) is 1.00. The molecule has 2 fully saturated rings. The smallest absolute Gasteiger partial charge is 0.186 e. The van der Waals surface area contributed by atoms with Gasteiger partial charge in [0.25, 0.3) is 0 Å². The van der Waals surface area contributed by atoms with Gasteiger partial charge in [0, 0.05) is 0 Å². The van der Waals surface area contributed by atoms with E-state index in [4.69, 9.17) is 24.4 Å². The molecule has 0 radical (unpaired) electrons. The second-order valence-corrected chi connectivity index (χ2v) is 4.59. The lowest BCUT2D eigenvalue weighted by Gasteiger charge is -2.19. The van der Waals surface area contributed by atoms with Gasteiger partial charge in [-0.2, -0.15) is 0 Å². The minimum absolute atomic E-state index is 0.262. The van der Waals surface area contributed by atoms with Gasteiger partial charge in [-0.25, -0.2) is 0 Å². The summed E-state index contributed by atoms with van der Waals surface area (Å²) < 4.78 is 15.0. The summed E-state index contributed by atoms with van der Waals surface area (Å²) in [4.78, 5) is 0. The molecule has 2 rings (SSSR count). The van der Waals surface area contributed by atoms with Gasteiger partial charge in [0.05, 0.1) is 13.2 Å². The van der Waals surface area contributed by atoms with Gasteiger partial charge >= 0.3 is 0 Å². The topological polar surface area (TPSA) is 149 Å². The molecule has 9 heteroatoms. The number of hydrogen-bond acceptors (Lipinski definition) is 9. The summed E-state index contributed by atoms with van der Waals surface area (Å²) in [6.45, 7) is -0.736. The number of hydrogen-bond donors (Lipinski definition) is 6. The first kappa shape index (κ1) is 15.0. The third kappa shape index (κ3) is 2.89. The summed E-state index contributed by atoms with van der Waals surface area (Å²) in [5, 5.41) is 55.9. The molecule has 0 aromatic heterocycles. The van der Waals surface area contributed by atoms with Crippen molar-refractivity contribution in [2.45, 2.75) is 49.2 Å². The first-order valence-corrected chi connectivity index (χ1v) is 5.89. The minimum Gasteiger partial charge on any atom is -0.394 e. The van der Waals surface area contributed by atoms with E-state index in [1.165, 1.54) is 0 Å². The minimum atomic E-state index is -1.51. The molecule has 0 aromatic rings. The highest BCUT2D eigenvalue weighted by Gasteiger charge is 2.46. The van der Waals surface area contributed by atoms with Crippen LogP contribution in [0.25, 0.3) is 0 Å². The van der Waals surface area contributed by atoms with E-state index < -0.39 is 55.8 Å². The molecule has 9 nitrogen and oxygen atoms in total. The summed E-state index contributed by atoms with van der Waals surface area (Å²) in [6.07, 6.45) is -10.00. The van der Waals surface area contributed by atoms with E-state index in [-0.39, 0.29) is 6.61 Å². The zero-order valence-electron chi connectivity index (χ0n) is 9.94. The van der Waals surface area contributed by atoms with Gasteiger partial charge in [0.2, 0.25) is 0 Å². The van der Waals surface area contributed by atoms with E-state index in [1.54, 1.807) is 0 Å². The first-order valence-electron chi connectivity index (χ1n) is 5.89. The number of rotatable bonds is 4. The second kappa shape index (κ2) is 5.95. The average Bonchev–Trinajstić information content (AvgIpc) is 2.81. The average molecular weight is 282 g/mol. The van der Waals surface area contributed by atoms with Gasteiger partial charge in [0.1, 0.15) is 36.6 Å². The fourth-order valence-electron chi connectivity index (χ4n) is 2.06. The van der Waals surface area contributed by atoms with Gasteiger partial charge in [0.15, 0.2) is 12.6 Å². The number of aliphatic hydroxyl groups is 6. The van der Waals surface area contributed by atoms with Crippen LogP contribution in [-0.2, 0) is 14.2 Å². The highest BCUT2D eigenvalue weighted by molar-refractivity contribution is 4.88. The van der Waals surface area contributed by atoms with E-state index in [0.29, 0.717) is 0 Å². The molecule has 0 unspecified atom stereocenters. The maximum absolute atomic E-state index is 9.59. The Hall–Kier alpha value is -0.360. The SMILES string of the molecule is OC[C@H]1O[C@H](OC[C@H]2O[C@@H](O)[C@H](O)[C@@H]2O)[C@H](O)[C@@H]1O. The molecule has 0 spiro atoms. The Bertz CT molecular complexity index is 301. The van der Waals surface area contributed by atoms with E-state index in [1.807, 2.05) is 0 Å². The van der Waals surface area contributed by atoms with E-state index >= 15 is 0 Å². The summed E-state index contributed by atoms with van der Waals surface area (Å²) in [6, 6.07) is 0. The van der Waals surface area contributed by atoms with E-state index in [0.717, 1.165) is 0 Å². The summed E-state index contributed by atoms with van der Waals surface area (Å²) in [5.41, 5.74) is 0. The molecular formula is C10H18O9. The van der Waals surface area contributed by atoms with Crippen LogP contribution in [0.2, 0.25) is 0 Å². The first-order chi connectivity index (χ1) is 8.95. The molecule has 0 saturated carbocycles. The third-order valence-electron chi connectivity index (χ3n) is 3.26. The van der Waals surface area contributed by atoms with Crippen molar-refractivity contribution in [3.63, 3.8) is 0 Å². The molecular weight excluding hydrogens is 264 g/mol. The Labute approximate surface area is 108 Å². The predicted octanol–water partition coefficient (Wildman–Crippen LogP) is -4.12. The molecule has 2 heterocycles. The zero-order valence-corrected chi connectivity index (χ0v) is 9.94. The van der Waals surface area contributed by atoms with Gasteiger partial charge < -0.3 is 44.8 Å². The van der Waals surface area contributed by atoms with Gasteiger partial charge in [-0.05, 0) is 0 Å². The van der Waals surface area contributed by atoms with Crippen molar-refractivity contribution in [1.29, 1.82) is 0 Å². The normalized spacial score (nSPS) is 50.8. The molecule has 112 valence electrons. The van der Waals surface area contributed by atoms with Crippen LogP contribution >= 0.6 is 0 Å². The van der Waals surface area contributed by atoms with E-state index in [2.05, 4.69) is 0 Å². The lowest BCUT2D eigenvalue weighted by atomic mass is 10.1. The lowest BCUT2D eigenvalue weighted by molar-refractivity contribution is -0.197. The standard InChI is InChI=1S/C10H18O9/c11-1-3-5(12)8(15)10(19-3)17-2-4-6(13)7(14)9(16)18-4/h3-16H,1-2H2/t3-,4-,5-,6-,7-,8-,9-,10+/m1/s1. The predicted molar refractivity (Wildman–Crippen MR) is 56.6 cm³/mol. The van der Waals surface area contributed by atoms with Gasteiger partial charge in [-0.3, -0.25) is 0 Å². The van der Waals surface area contributed by atoms with Crippen LogP contribution in [0.1, 0.15) is 0 Å². The zero-order chi connectivity index (χ0) is 14.2. The van der Waals surface area contributed by atoms with Crippen molar-refractivity contribution in [2.75, 3.05) is 13.2 Å². The maximum atomic E-state index is 9.59. The highest BCUT2D eigenvalue weighted by atomic mass is 16.7. The van der Waals surface area contributed by atoms with Crippen molar-refractivity contribution < 1.29 is 44.8 Å². The molecule has 0 amide bonds. The number of ether oxygens (including phenoxy) is 3. The van der Waals surface area contributed by atoms with Crippen LogP contribution in [0.4, 0.5) is 0 Å². The Morgan fingerprint density at radius 1 is 0.789 bits per heavy atom. The second-order valence-electron chi connectivity index (χ2n) is 4.59. The monoisotopic (exact) mass is 282 g/mol. The third-order valence-corrected chi connectivity index (χ3v) is 3.26. The van der Waals surface area contributed by atoms with Crippen LogP contribution in [0.5, 0.6) is 0 Å². The number of aliphatic hydroxyl groups excluding tert-OH is 6. The molecule has 2 saturated heterocycles. The molecule has 2 aliphatic rings. The van der Waals surface area contributed by atoms with Crippen LogP contribution < -0.4 is 0 Å². The van der Waals surface area contributed by atoms with Crippen molar-refractivity contribution in [3.05, 3.63) is 0 Å². The van der Waals surface area contributed by atoms with E-state index in [9.17, 15) is 20.4 Å². The molecule has 0 aromatic carbocycles. The Morgan fingerprint density at radius 2 is 1.42 bits per heavy atom. The quantitative estimate of drug-likeness (QED) is 0.302. The highest BCUT2D eigenvalue weighted by Crippen LogP contribution is 2.24. The molecule has 19 heavy (non-hydrogen) atoms. The van der Waals surface area contributed by atoms with Crippen molar-refractivity contribution in [3.8, 4) is 0 Å². The van der Waals surface area contributed by atoms with Gasteiger partial charge in [-0.15, -0.1) is 0 Å². The molecule has 2 aliphatic heterocycles. The van der Waals surface area contributed by atoms with Crippen molar-refractivity contribution in [2.24, 2.45) is 0 Å². The van der Waals surface area contributed by atoms with Crippen LogP contribution in [0.3, 0.4) is 0 Å². The lowest BCUT2D eigenvalue weighted by Crippen LogP contribution is -2.38. The summed E-state index contributed by atoms with van der Waals surface area (Å²) in [5.74, 6) is 0. The van der Waals surface area contributed by atoms with Crippen molar-refractivity contribution >= 4 is 0 Å². The molecule has 8 atom stereocenters. The van der Waals surface area contributed by atoms with Crippen LogP contribution in [0.15, 0.2) is 0 Å². The Kier molecular flexibility index (Phi) is 4.71. The summed E-state index contributed by atoms with van der Waals surface area (Å²) in [7, 11) is 0. The molecule has 0 aliphatic carbocycles. The fourth-order valence-corrected chi connectivity index (χ4v) is 2.06. The maximum Gasteiger partial charge on any atom is 0.186 e. The molecule has 6 N–H and O–H groups in total. The summed E-state index contributed by atoms with van der Waals surface area (Å²) >= 11 is 0.